The Hall–Kier alpha value is -3.24. The average molecular weight is 460 g/mol. The Bertz CT molecular complexity index is 1220. The average Bonchev–Trinajstić information content (AvgIpc) is 3.35. The number of sulfonamides is 1. The number of rotatable bonds is 5. The zero-order chi connectivity index (χ0) is 22.0. The van der Waals surface area contributed by atoms with E-state index in [0.717, 1.165) is 43.5 Å². The van der Waals surface area contributed by atoms with E-state index in [1.165, 1.54) is 46.0 Å². The summed E-state index contributed by atoms with van der Waals surface area (Å²) in [5.41, 5.74) is 6.41. The van der Waals surface area contributed by atoms with Gasteiger partial charge in [-0.05, 0) is 79.4 Å². The van der Waals surface area contributed by atoms with Gasteiger partial charge in [0, 0.05) is 16.1 Å². The van der Waals surface area contributed by atoms with E-state index in [2.05, 4.69) is 15.6 Å². The Kier molecular flexibility index (Phi) is 5.75. The summed E-state index contributed by atoms with van der Waals surface area (Å²) in [6.45, 7) is 0. The van der Waals surface area contributed by atoms with Crippen LogP contribution in [0.4, 0.5) is 10.1 Å². The minimum absolute atomic E-state index is 0.0852. The van der Waals surface area contributed by atoms with Crippen molar-refractivity contribution >= 4 is 38.9 Å². The van der Waals surface area contributed by atoms with Crippen LogP contribution in [0.3, 0.4) is 0 Å². The third-order valence-electron chi connectivity index (χ3n) is 4.78. The van der Waals surface area contributed by atoms with Crippen LogP contribution in [0.1, 0.15) is 36.9 Å². The van der Waals surface area contributed by atoms with Crippen molar-refractivity contribution in [1.82, 2.24) is 10.9 Å². The molecule has 3 aromatic rings. The molecule has 0 unspecified atom stereocenters. The van der Waals surface area contributed by atoms with Gasteiger partial charge in [-0.1, -0.05) is 0 Å². The van der Waals surface area contributed by atoms with Gasteiger partial charge >= 0.3 is 0 Å². The Morgan fingerprint density at radius 3 is 2.26 bits per heavy atom. The molecule has 160 valence electrons. The summed E-state index contributed by atoms with van der Waals surface area (Å²) in [5.74, 6) is -1.45. The predicted molar refractivity (Wildman–Crippen MR) is 115 cm³/mol. The second-order valence-corrected chi connectivity index (χ2v) is 9.78. The number of carbonyl (C=O) groups is 2. The summed E-state index contributed by atoms with van der Waals surface area (Å²) in [6, 6.07) is 12.0. The van der Waals surface area contributed by atoms with Crippen LogP contribution in [0.5, 0.6) is 0 Å². The quantitative estimate of drug-likeness (QED) is 0.510. The summed E-state index contributed by atoms with van der Waals surface area (Å²) >= 11 is 1.43. The Balaban J connectivity index is 1.35. The van der Waals surface area contributed by atoms with Crippen molar-refractivity contribution in [3.8, 4) is 0 Å². The van der Waals surface area contributed by atoms with E-state index in [1.807, 2.05) is 6.07 Å². The number of thiophene rings is 1. The molecule has 1 aliphatic rings. The van der Waals surface area contributed by atoms with E-state index >= 15 is 0 Å². The van der Waals surface area contributed by atoms with E-state index < -0.39 is 21.7 Å². The van der Waals surface area contributed by atoms with Crippen molar-refractivity contribution in [3.05, 3.63) is 81.3 Å². The maximum Gasteiger partial charge on any atom is 0.279 e. The fourth-order valence-electron chi connectivity index (χ4n) is 3.21. The molecule has 31 heavy (non-hydrogen) atoms. The topological polar surface area (TPSA) is 104 Å². The lowest BCUT2D eigenvalue weighted by atomic mass is 10.2. The number of anilines is 1. The molecule has 1 aliphatic carbocycles. The van der Waals surface area contributed by atoms with Gasteiger partial charge in [0.1, 0.15) is 5.82 Å². The number of aryl methyl sites for hydroxylation is 2. The monoisotopic (exact) mass is 459 g/mol. The molecule has 0 bridgehead atoms. The number of fused-ring (bicyclic) bond motifs is 1. The highest BCUT2D eigenvalue weighted by Gasteiger charge is 2.19. The van der Waals surface area contributed by atoms with Crippen LogP contribution in [0.15, 0.2) is 59.5 Å². The number of hydrogen-bond donors (Lipinski definition) is 3. The smallest absolute Gasteiger partial charge is 0.279 e. The second-order valence-electron chi connectivity index (χ2n) is 6.96. The van der Waals surface area contributed by atoms with Gasteiger partial charge in [-0.3, -0.25) is 25.2 Å². The highest BCUT2D eigenvalue weighted by atomic mass is 32.2. The lowest BCUT2D eigenvalue weighted by Gasteiger charge is -2.09. The van der Waals surface area contributed by atoms with E-state index in [4.69, 9.17) is 0 Å². The minimum Gasteiger partial charge on any atom is -0.280 e. The lowest BCUT2D eigenvalue weighted by Crippen LogP contribution is -2.41. The van der Waals surface area contributed by atoms with Crippen molar-refractivity contribution in [1.29, 1.82) is 0 Å². The second kappa shape index (κ2) is 8.48. The Morgan fingerprint density at radius 1 is 0.903 bits per heavy atom. The molecular weight excluding hydrogens is 441 g/mol. The minimum atomic E-state index is -3.89. The van der Waals surface area contributed by atoms with Gasteiger partial charge in [0.05, 0.1) is 9.77 Å². The van der Waals surface area contributed by atoms with Crippen molar-refractivity contribution in [2.24, 2.45) is 0 Å². The van der Waals surface area contributed by atoms with Crippen molar-refractivity contribution < 1.29 is 22.4 Å². The first-order chi connectivity index (χ1) is 14.8. The van der Waals surface area contributed by atoms with Crippen LogP contribution >= 0.6 is 11.3 Å². The van der Waals surface area contributed by atoms with Gasteiger partial charge in [-0.15, -0.1) is 11.3 Å². The van der Waals surface area contributed by atoms with Crippen LogP contribution in [0, 0.1) is 5.82 Å². The van der Waals surface area contributed by atoms with Crippen molar-refractivity contribution in [2.45, 2.75) is 24.2 Å². The molecule has 0 saturated heterocycles. The van der Waals surface area contributed by atoms with Gasteiger partial charge in [0.15, 0.2) is 0 Å². The molecule has 0 aliphatic heterocycles. The summed E-state index contributed by atoms with van der Waals surface area (Å²) in [6.07, 6.45) is 3.06. The van der Waals surface area contributed by atoms with Gasteiger partial charge < -0.3 is 0 Å². The lowest BCUT2D eigenvalue weighted by molar-refractivity contribution is 0.0849. The van der Waals surface area contributed by atoms with Crippen molar-refractivity contribution in [3.63, 3.8) is 0 Å². The Labute approximate surface area is 182 Å². The van der Waals surface area contributed by atoms with Crippen LogP contribution < -0.4 is 15.6 Å². The molecule has 4 rings (SSSR count). The molecule has 0 fully saturated rings. The highest BCUT2D eigenvalue weighted by molar-refractivity contribution is 7.92. The molecule has 0 spiro atoms. The molecule has 7 nitrogen and oxygen atoms in total. The van der Waals surface area contributed by atoms with E-state index in [0.29, 0.717) is 4.88 Å². The first kappa shape index (κ1) is 21.0. The Morgan fingerprint density at radius 2 is 1.58 bits per heavy atom. The summed E-state index contributed by atoms with van der Waals surface area (Å²) < 4.78 is 40.0. The number of amides is 2. The third-order valence-corrected chi connectivity index (χ3v) is 7.42. The SMILES string of the molecule is O=C(NNC(=O)c1cc2c(s1)CCC2)c1ccc(NS(=O)(=O)c2ccc(F)cc2)cc1. The first-order valence-electron chi connectivity index (χ1n) is 9.42. The highest BCUT2D eigenvalue weighted by Crippen LogP contribution is 2.30. The third kappa shape index (κ3) is 4.75. The number of benzene rings is 2. The van der Waals surface area contributed by atoms with Crippen molar-refractivity contribution in [2.75, 3.05) is 4.72 Å². The molecule has 0 radical (unpaired) electrons. The molecule has 2 amide bonds. The molecule has 10 heteroatoms. The normalized spacial score (nSPS) is 12.8. The maximum absolute atomic E-state index is 13.0. The molecule has 0 atom stereocenters. The molecule has 0 saturated carbocycles. The molecule has 1 aromatic heterocycles. The van der Waals surface area contributed by atoms with Crippen LogP contribution in [-0.4, -0.2) is 20.2 Å². The number of hydrogen-bond acceptors (Lipinski definition) is 5. The number of halogens is 1. The fourth-order valence-corrected chi connectivity index (χ4v) is 5.41. The predicted octanol–water partition coefficient (Wildman–Crippen LogP) is 3.25. The van der Waals surface area contributed by atoms with Gasteiger partial charge in [0.2, 0.25) is 0 Å². The zero-order valence-electron chi connectivity index (χ0n) is 16.1. The fraction of sp³-hybridized carbons (Fsp3) is 0.143. The van der Waals surface area contributed by atoms with E-state index in [9.17, 15) is 22.4 Å². The zero-order valence-corrected chi connectivity index (χ0v) is 17.8. The maximum atomic E-state index is 13.0. The van der Waals surface area contributed by atoms with Crippen LogP contribution in [0.25, 0.3) is 0 Å². The van der Waals surface area contributed by atoms with Crippen LogP contribution in [-0.2, 0) is 22.9 Å². The number of hydrazine groups is 1. The number of nitrogens with one attached hydrogen (secondary N) is 3. The number of carbonyl (C=O) groups excluding carboxylic acids is 2. The molecular formula is C21H18FN3O4S2. The van der Waals surface area contributed by atoms with Gasteiger partial charge in [-0.2, -0.15) is 0 Å². The van der Waals surface area contributed by atoms with Gasteiger partial charge in [-0.25, -0.2) is 12.8 Å². The summed E-state index contributed by atoms with van der Waals surface area (Å²) in [5, 5.41) is 0. The summed E-state index contributed by atoms with van der Waals surface area (Å²) in [7, 11) is -3.89. The van der Waals surface area contributed by atoms with E-state index in [-0.39, 0.29) is 22.1 Å². The van der Waals surface area contributed by atoms with Gasteiger partial charge in [0.25, 0.3) is 21.8 Å². The first-order valence-corrected chi connectivity index (χ1v) is 11.7. The largest absolute Gasteiger partial charge is 0.280 e. The molecule has 2 aromatic carbocycles. The standard InChI is InChI=1S/C21H18FN3O4S2/c22-15-6-10-17(11-7-15)31(28,29)25-16-8-4-13(5-9-16)20(26)23-24-21(27)19-12-14-2-1-3-18(14)30-19/h4-12,25H,1-3H2,(H,23,26)(H,24,27). The summed E-state index contributed by atoms with van der Waals surface area (Å²) in [4.78, 5) is 26.2. The molecule has 1 heterocycles. The van der Waals surface area contributed by atoms with Crippen LogP contribution in [0.2, 0.25) is 0 Å². The van der Waals surface area contributed by atoms with E-state index in [1.54, 1.807) is 0 Å². The molecule has 3 N–H and O–H groups in total.